The molecule has 0 fully saturated rings. The zero-order valence-corrected chi connectivity index (χ0v) is 11.3. The van der Waals surface area contributed by atoms with E-state index in [0.29, 0.717) is 0 Å². The molecule has 0 aliphatic rings. The first kappa shape index (κ1) is 173. The summed E-state index contributed by atoms with van der Waals surface area (Å²) < 4.78 is 0. The smallest absolute Gasteiger partial charge is 2.00 e. The summed E-state index contributed by atoms with van der Waals surface area (Å²) in [7, 11) is 0. The molecular weight excluding hydrogens is 269 g/mol. The van der Waals surface area contributed by atoms with Crippen molar-refractivity contribution in [1.29, 1.82) is 0 Å². The van der Waals surface area contributed by atoms with Crippen LogP contribution in [-0.2, 0) is 41.4 Å². The largest absolute Gasteiger partial charge is 3.00 e. The topological polar surface area (TPSA) is 114 Å². The van der Waals surface area contributed by atoms with Gasteiger partial charge in [-0.15, -0.1) is 0 Å². The molecule has 0 saturated carbocycles. The van der Waals surface area contributed by atoms with E-state index in [0.717, 1.165) is 0 Å². The maximum absolute atomic E-state index is 0. The quantitative estimate of drug-likeness (QED) is 0.489. The van der Waals surface area contributed by atoms with Crippen LogP contribution in [0.5, 0.6) is 0 Å². The molecule has 4 nitrogen and oxygen atoms in total. The van der Waals surface area contributed by atoms with Gasteiger partial charge < -0.3 is 21.9 Å². The maximum atomic E-state index is 0. The Balaban J connectivity index is 0. The van der Waals surface area contributed by atoms with Crippen LogP contribution in [-0.4, -0.2) is 39.6 Å². The summed E-state index contributed by atoms with van der Waals surface area (Å²) in [5.41, 5.74) is 0. The zero-order chi connectivity index (χ0) is 0. The molecule has 7 heavy (non-hydrogen) atoms. The van der Waals surface area contributed by atoms with Crippen molar-refractivity contribution in [2.75, 3.05) is 0 Å². The number of rotatable bonds is 0. The van der Waals surface area contributed by atoms with Gasteiger partial charge in [0.2, 0.25) is 0 Å². The molecule has 0 N–H and O–H groups in total. The van der Waals surface area contributed by atoms with Crippen LogP contribution in [0.1, 0.15) is 0 Å². The van der Waals surface area contributed by atoms with Crippen LogP contribution in [0.2, 0.25) is 0 Å². The molecule has 0 aliphatic heterocycles. The van der Waals surface area contributed by atoms with Gasteiger partial charge >= 0.3 is 59.1 Å². The van der Waals surface area contributed by atoms with Gasteiger partial charge in [0.1, 0.15) is 0 Å². The van der Waals surface area contributed by atoms with Gasteiger partial charge in [0, 0.05) is 0 Å². The first-order valence-corrected chi connectivity index (χ1v) is 0. The van der Waals surface area contributed by atoms with Crippen LogP contribution in [0.3, 0.4) is 0 Å². The SMILES string of the molecule is [Ga+3].[Ga+3].[O-2].[O-2].[O-2].[O-2].[Zn+2]. The van der Waals surface area contributed by atoms with Gasteiger partial charge in [-0.05, 0) is 0 Å². The molecule has 0 aromatic rings. The molecular formula is Ga2O4Zn. The monoisotopic (exact) mass is 266 g/mol. The summed E-state index contributed by atoms with van der Waals surface area (Å²) in [6.45, 7) is 0. The predicted octanol–water partition coefficient (Wildman–Crippen LogP) is -1.24. The molecule has 0 atom stereocenters. The van der Waals surface area contributed by atoms with Gasteiger partial charge in [-0.3, -0.25) is 0 Å². The molecule has 0 aromatic heterocycles. The Hall–Kier alpha value is 1.74. The van der Waals surface area contributed by atoms with E-state index in [1.54, 1.807) is 0 Å². The number of hydrogen-bond acceptors (Lipinski definition) is 0. The van der Waals surface area contributed by atoms with Crippen molar-refractivity contribution in [3.05, 3.63) is 0 Å². The molecule has 0 aliphatic carbocycles. The zero-order valence-electron chi connectivity index (χ0n) is 3.49. The van der Waals surface area contributed by atoms with Gasteiger partial charge in [-0.25, -0.2) is 0 Å². The Morgan fingerprint density at radius 1 is 0.429 bits per heavy atom. The van der Waals surface area contributed by atoms with Crippen LogP contribution in [0.15, 0.2) is 0 Å². The van der Waals surface area contributed by atoms with Crippen LogP contribution >= 0.6 is 0 Å². The Bertz CT molecular complexity index is 9.65. The Morgan fingerprint density at radius 3 is 0.429 bits per heavy atom. The summed E-state index contributed by atoms with van der Waals surface area (Å²) in [5.74, 6) is 0. The molecule has 0 spiro atoms. The maximum Gasteiger partial charge on any atom is 3.00 e. The standard InChI is InChI=1S/2Ga.4O.Zn/q2*+3;4*-2;+2. The van der Waals surface area contributed by atoms with Crippen molar-refractivity contribution in [2.24, 2.45) is 0 Å². The fraction of sp³-hybridized carbons (Fsp3) is 0. The van der Waals surface area contributed by atoms with Crippen molar-refractivity contribution in [3.63, 3.8) is 0 Å². The molecule has 0 heterocycles. The van der Waals surface area contributed by atoms with E-state index in [-0.39, 0.29) is 81.0 Å². The summed E-state index contributed by atoms with van der Waals surface area (Å²) in [4.78, 5) is 0. The molecule has 32 valence electrons. The van der Waals surface area contributed by atoms with Crippen LogP contribution < -0.4 is 0 Å². The van der Waals surface area contributed by atoms with E-state index >= 15 is 0 Å². The second-order valence-corrected chi connectivity index (χ2v) is 0. The molecule has 0 bridgehead atoms. The summed E-state index contributed by atoms with van der Waals surface area (Å²) in [5, 5.41) is 0. The second kappa shape index (κ2) is 116. The average molecular weight is 269 g/mol. The van der Waals surface area contributed by atoms with Crippen molar-refractivity contribution in [2.45, 2.75) is 0 Å². The fourth-order valence-corrected chi connectivity index (χ4v) is 0. The van der Waals surface area contributed by atoms with Crippen molar-refractivity contribution < 1.29 is 41.4 Å². The summed E-state index contributed by atoms with van der Waals surface area (Å²) >= 11 is 0. The summed E-state index contributed by atoms with van der Waals surface area (Å²) in [6.07, 6.45) is 0. The Labute approximate surface area is 80.5 Å². The van der Waals surface area contributed by atoms with Gasteiger partial charge in [0.25, 0.3) is 0 Å². The molecule has 0 saturated heterocycles. The van der Waals surface area contributed by atoms with Crippen molar-refractivity contribution in [1.82, 2.24) is 0 Å². The summed E-state index contributed by atoms with van der Waals surface area (Å²) in [6, 6.07) is 0. The molecule has 0 unspecified atom stereocenters. The minimum absolute atomic E-state index is 0. The van der Waals surface area contributed by atoms with Crippen molar-refractivity contribution in [3.8, 4) is 0 Å². The predicted molar refractivity (Wildman–Crippen MR) is 14.3 cm³/mol. The average Bonchev–Trinajstić information content (AvgIpc) is 0. The first-order chi connectivity index (χ1) is 0. The number of hydrogen-bond donors (Lipinski definition) is 0. The van der Waals surface area contributed by atoms with Gasteiger partial charge in [0.05, 0.1) is 0 Å². The normalized spacial score (nSPS) is 0. The third-order valence-electron chi connectivity index (χ3n) is 0. The molecule has 0 amide bonds. The fourth-order valence-electron chi connectivity index (χ4n) is 0. The van der Waals surface area contributed by atoms with Gasteiger partial charge in [-0.1, -0.05) is 0 Å². The minimum Gasteiger partial charge on any atom is -2.00 e. The molecule has 0 radical (unpaired) electrons. The van der Waals surface area contributed by atoms with E-state index in [1.165, 1.54) is 0 Å². The van der Waals surface area contributed by atoms with E-state index in [2.05, 4.69) is 0 Å². The van der Waals surface area contributed by atoms with Gasteiger partial charge in [-0.2, -0.15) is 0 Å². The van der Waals surface area contributed by atoms with E-state index in [4.69, 9.17) is 0 Å². The van der Waals surface area contributed by atoms with Crippen molar-refractivity contribution >= 4 is 39.6 Å². The third kappa shape index (κ3) is 84.5. The molecule has 7 heteroatoms. The first-order valence-electron chi connectivity index (χ1n) is 0. The van der Waals surface area contributed by atoms with Crippen LogP contribution in [0.4, 0.5) is 0 Å². The van der Waals surface area contributed by atoms with Gasteiger partial charge in [0.15, 0.2) is 0 Å². The Morgan fingerprint density at radius 2 is 0.429 bits per heavy atom. The van der Waals surface area contributed by atoms with E-state index in [9.17, 15) is 0 Å². The van der Waals surface area contributed by atoms with Crippen LogP contribution in [0.25, 0.3) is 0 Å². The Kier molecular flexibility index (Phi) is 2890. The van der Waals surface area contributed by atoms with Crippen LogP contribution in [0, 0.1) is 0 Å². The minimum atomic E-state index is 0. The molecule has 0 aromatic carbocycles. The van der Waals surface area contributed by atoms with E-state index in [1.807, 2.05) is 0 Å². The third-order valence-corrected chi connectivity index (χ3v) is 0. The van der Waals surface area contributed by atoms with E-state index < -0.39 is 0 Å². The molecule has 0 rings (SSSR count). The second-order valence-electron chi connectivity index (χ2n) is 0.